The van der Waals surface area contributed by atoms with Gasteiger partial charge in [-0.05, 0) is 37.5 Å². The molecule has 142 valence electrons. The van der Waals surface area contributed by atoms with Crippen LogP contribution in [0.5, 0.6) is 0 Å². The standard InChI is InChI=1S/C19H18N6O2S/c26-18(27)12-3-1-4-13(9-12)28-19-21-17(15-5-2-8-25(15)24-19)20-16-10-14(22-23-16)11-6-7-11/h1,3-5,9-11H,2,6-8H2,(H,26,27)(H2,20,21,22,23,24). The van der Waals surface area contributed by atoms with E-state index in [1.54, 1.807) is 18.2 Å². The predicted molar refractivity (Wildman–Crippen MR) is 107 cm³/mol. The molecule has 3 heterocycles. The Balaban J connectivity index is 1.44. The average molecular weight is 394 g/mol. The van der Waals surface area contributed by atoms with Gasteiger partial charge in [0, 0.05) is 29.1 Å². The van der Waals surface area contributed by atoms with Crippen LogP contribution in [-0.4, -0.2) is 43.8 Å². The highest BCUT2D eigenvalue weighted by Crippen LogP contribution is 2.40. The second-order valence-electron chi connectivity index (χ2n) is 6.88. The van der Waals surface area contributed by atoms with Gasteiger partial charge in [-0.15, -0.1) is 0 Å². The summed E-state index contributed by atoms with van der Waals surface area (Å²) in [5, 5.41) is 19.2. The van der Waals surface area contributed by atoms with Crippen LogP contribution in [0.1, 0.15) is 41.2 Å². The van der Waals surface area contributed by atoms with E-state index in [1.165, 1.54) is 24.6 Å². The highest BCUT2D eigenvalue weighted by atomic mass is 32.2. The molecule has 28 heavy (non-hydrogen) atoms. The van der Waals surface area contributed by atoms with Gasteiger partial charge in [0.15, 0.2) is 16.8 Å². The average Bonchev–Trinajstić information content (AvgIpc) is 3.23. The number of H-pyrrole nitrogens is 1. The van der Waals surface area contributed by atoms with Crippen molar-refractivity contribution in [3.63, 3.8) is 0 Å². The number of thioether (sulfide) groups is 1. The van der Waals surface area contributed by atoms with Crippen LogP contribution in [0.2, 0.25) is 0 Å². The van der Waals surface area contributed by atoms with Crippen LogP contribution in [0.15, 0.2) is 57.0 Å². The van der Waals surface area contributed by atoms with E-state index in [-0.39, 0.29) is 5.56 Å². The number of hydrogen-bond acceptors (Lipinski definition) is 6. The second-order valence-corrected chi connectivity index (χ2v) is 7.95. The lowest BCUT2D eigenvalue weighted by molar-refractivity contribution is 0.0696. The Morgan fingerprint density at radius 3 is 3.04 bits per heavy atom. The number of rotatable bonds is 4. The summed E-state index contributed by atoms with van der Waals surface area (Å²) in [5.41, 5.74) is 5.61. The smallest absolute Gasteiger partial charge is 0.335 e. The summed E-state index contributed by atoms with van der Waals surface area (Å²) in [4.78, 5) is 21.3. The minimum atomic E-state index is -0.946. The second kappa shape index (κ2) is 6.83. The number of fused-ring (bicyclic) bond motifs is 1. The molecule has 9 heteroatoms. The Hall–Kier alpha value is -3.07. The third-order valence-electron chi connectivity index (χ3n) is 4.77. The highest BCUT2D eigenvalue weighted by Gasteiger charge is 2.28. The van der Waals surface area contributed by atoms with Crippen molar-refractivity contribution in [2.45, 2.75) is 30.1 Å². The molecular formula is C19H18N6O2S. The third-order valence-corrected chi connectivity index (χ3v) is 5.63. The summed E-state index contributed by atoms with van der Waals surface area (Å²) in [6.07, 6.45) is 5.43. The summed E-state index contributed by atoms with van der Waals surface area (Å²) in [7, 11) is 0. The number of nitrogens with one attached hydrogen (secondary N) is 2. The minimum absolute atomic E-state index is 0.251. The van der Waals surface area contributed by atoms with Crippen molar-refractivity contribution in [2.24, 2.45) is 9.98 Å². The van der Waals surface area contributed by atoms with E-state index in [2.05, 4.69) is 31.7 Å². The normalized spacial score (nSPS) is 19.9. The molecule has 0 bridgehead atoms. The van der Waals surface area contributed by atoms with Gasteiger partial charge in [0.25, 0.3) is 0 Å². The number of aromatic nitrogens is 2. The number of aromatic carboxylic acids is 1. The van der Waals surface area contributed by atoms with E-state index in [0.717, 1.165) is 29.3 Å². The summed E-state index contributed by atoms with van der Waals surface area (Å²) in [6, 6.07) is 8.80. The molecule has 2 aromatic rings. The number of hydrogen-bond donors (Lipinski definition) is 3. The van der Waals surface area contributed by atoms with E-state index in [4.69, 9.17) is 0 Å². The predicted octanol–water partition coefficient (Wildman–Crippen LogP) is 3.27. The molecule has 1 aromatic heterocycles. The van der Waals surface area contributed by atoms with E-state index < -0.39 is 5.97 Å². The Morgan fingerprint density at radius 2 is 2.21 bits per heavy atom. The van der Waals surface area contributed by atoms with E-state index in [0.29, 0.717) is 22.7 Å². The van der Waals surface area contributed by atoms with Crippen molar-refractivity contribution in [1.82, 2.24) is 20.6 Å². The van der Waals surface area contributed by atoms with E-state index in [1.807, 2.05) is 17.1 Å². The lowest BCUT2D eigenvalue weighted by atomic mass is 10.2. The van der Waals surface area contributed by atoms with Crippen molar-refractivity contribution < 1.29 is 9.90 Å². The lowest BCUT2D eigenvalue weighted by Gasteiger charge is -2.28. The van der Waals surface area contributed by atoms with E-state index >= 15 is 0 Å². The van der Waals surface area contributed by atoms with Crippen molar-refractivity contribution >= 4 is 34.6 Å². The molecule has 0 atom stereocenters. The van der Waals surface area contributed by atoms with Crippen LogP contribution < -0.4 is 5.43 Å². The summed E-state index contributed by atoms with van der Waals surface area (Å²) < 4.78 is 0. The first-order chi connectivity index (χ1) is 13.7. The SMILES string of the molecule is O=C(O)c1cccc(SC2=NC(=Nc3cc(C4CC4)[nH]n3)C3=CCCN3N2)c1. The number of hydrazine groups is 1. The number of aromatic amines is 1. The van der Waals surface area contributed by atoms with Crippen LogP contribution in [0, 0.1) is 0 Å². The van der Waals surface area contributed by atoms with Crippen molar-refractivity contribution in [3.8, 4) is 0 Å². The minimum Gasteiger partial charge on any atom is -0.478 e. The maximum Gasteiger partial charge on any atom is 0.335 e. The molecule has 5 rings (SSSR count). The molecule has 1 saturated carbocycles. The molecule has 0 saturated heterocycles. The quantitative estimate of drug-likeness (QED) is 0.735. The van der Waals surface area contributed by atoms with Crippen LogP contribution in [0.25, 0.3) is 0 Å². The molecule has 3 N–H and O–H groups in total. The fourth-order valence-electron chi connectivity index (χ4n) is 3.21. The van der Waals surface area contributed by atoms with Crippen LogP contribution in [0.3, 0.4) is 0 Å². The Kier molecular flexibility index (Phi) is 4.16. The first-order valence-electron chi connectivity index (χ1n) is 9.14. The maximum atomic E-state index is 11.2. The monoisotopic (exact) mass is 394 g/mol. The van der Waals surface area contributed by atoms with E-state index in [9.17, 15) is 9.90 Å². The van der Waals surface area contributed by atoms with Crippen LogP contribution in [-0.2, 0) is 0 Å². The largest absolute Gasteiger partial charge is 0.478 e. The molecule has 1 aliphatic carbocycles. The first-order valence-corrected chi connectivity index (χ1v) is 9.96. The highest BCUT2D eigenvalue weighted by molar-refractivity contribution is 8.13. The fraction of sp³-hybridized carbons (Fsp3) is 0.263. The lowest BCUT2D eigenvalue weighted by Crippen LogP contribution is -2.44. The number of nitrogens with zero attached hydrogens (tertiary/aromatic N) is 4. The van der Waals surface area contributed by atoms with Gasteiger partial charge in [0.2, 0.25) is 0 Å². The van der Waals surface area contributed by atoms with Gasteiger partial charge in [0.1, 0.15) is 0 Å². The number of carboxylic acid groups (broad SMARTS) is 1. The Morgan fingerprint density at radius 1 is 1.32 bits per heavy atom. The summed E-state index contributed by atoms with van der Waals surface area (Å²) in [6.45, 7) is 0.830. The number of carbonyl (C=O) groups is 1. The Labute approximate surface area is 165 Å². The first kappa shape index (κ1) is 17.1. The zero-order chi connectivity index (χ0) is 19.1. The number of carboxylic acids is 1. The zero-order valence-corrected chi connectivity index (χ0v) is 15.7. The summed E-state index contributed by atoms with van der Waals surface area (Å²) in [5.74, 6) is 0.889. The van der Waals surface area contributed by atoms with Crippen LogP contribution in [0.4, 0.5) is 5.82 Å². The van der Waals surface area contributed by atoms with Crippen molar-refractivity contribution in [2.75, 3.05) is 6.54 Å². The molecule has 0 spiro atoms. The molecule has 3 aliphatic rings. The topological polar surface area (TPSA) is 106 Å². The van der Waals surface area contributed by atoms with Gasteiger partial charge in [-0.3, -0.25) is 15.5 Å². The molecule has 1 fully saturated rings. The molecule has 0 radical (unpaired) electrons. The van der Waals surface area contributed by atoms with Gasteiger partial charge in [-0.2, -0.15) is 5.10 Å². The van der Waals surface area contributed by atoms with Crippen molar-refractivity contribution in [3.05, 3.63) is 53.4 Å². The number of amidine groups is 2. The molecule has 0 unspecified atom stereocenters. The maximum absolute atomic E-state index is 11.2. The van der Waals surface area contributed by atoms with Gasteiger partial charge in [0.05, 0.1) is 11.3 Å². The zero-order valence-electron chi connectivity index (χ0n) is 14.9. The molecule has 8 nitrogen and oxygen atoms in total. The van der Waals surface area contributed by atoms with Gasteiger partial charge in [-0.25, -0.2) is 14.8 Å². The van der Waals surface area contributed by atoms with Crippen LogP contribution >= 0.6 is 11.8 Å². The van der Waals surface area contributed by atoms with Gasteiger partial charge >= 0.3 is 5.97 Å². The number of benzene rings is 1. The third kappa shape index (κ3) is 3.40. The molecular weight excluding hydrogens is 376 g/mol. The molecule has 0 amide bonds. The van der Waals surface area contributed by atoms with Gasteiger partial charge in [-0.1, -0.05) is 23.9 Å². The van der Waals surface area contributed by atoms with Crippen molar-refractivity contribution in [1.29, 1.82) is 0 Å². The molecule has 2 aliphatic heterocycles. The molecule has 1 aromatic carbocycles. The fourth-order valence-corrected chi connectivity index (χ4v) is 4.05. The summed E-state index contributed by atoms with van der Waals surface area (Å²) >= 11 is 1.38. The van der Waals surface area contributed by atoms with Gasteiger partial charge < -0.3 is 5.11 Å². The number of aliphatic imine (C=N–C) groups is 2. The Bertz CT molecular complexity index is 1040.